The maximum absolute atomic E-state index is 13.4. The summed E-state index contributed by atoms with van der Waals surface area (Å²) in [7, 11) is 0. The largest absolute Gasteiger partial charge is 0.378 e. The zero-order valence-electron chi connectivity index (χ0n) is 9.48. The van der Waals surface area contributed by atoms with Gasteiger partial charge < -0.3 is 5.32 Å². The molecule has 0 unspecified atom stereocenters. The van der Waals surface area contributed by atoms with Crippen molar-refractivity contribution in [1.82, 2.24) is 0 Å². The predicted octanol–water partition coefficient (Wildman–Crippen LogP) is 5.13. The molecule has 2 aromatic carbocycles. The van der Waals surface area contributed by atoms with Crippen LogP contribution in [0.5, 0.6) is 0 Å². The lowest BCUT2D eigenvalue weighted by atomic mass is 10.2. The summed E-state index contributed by atoms with van der Waals surface area (Å²) >= 11 is 9.11. The zero-order valence-corrected chi connectivity index (χ0v) is 11.8. The highest BCUT2D eigenvalue weighted by atomic mass is 79.9. The van der Waals surface area contributed by atoms with Gasteiger partial charge in [-0.05, 0) is 29.8 Å². The van der Waals surface area contributed by atoms with Crippen LogP contribution in [0.15, 0.2) is 34.8 Å². The van der Waals surface area contributed by atoms with Crippen LogP contribution in [0.2, 0.25) is 5.02 Å². The molecule has 6 heteroatoms. The normalized spacial score (nSPS) is 10.6. The first-order valence-corrected chi connectivity index (χ1v) is 6.47. The van der Waals surface area contributed by atoms with Gasteiger partial charge >= 0.3 is 0 Å². The first-order chi connectivity index (χ1) is 8.99. The van der Waals surface area contributed by atoms with Gasteiger partial charge in [0.15, 0.2) is 17.5 Å². The van der Waals surface area contributed by atoms with E-state index in [1.165, 1.54) is 0 Å². The summed E-state index contributed by atoms with van der Waals surface area (Å²) in [5, 5.41) is 3.27. The number of hydrogen-bond acceptors (Lipinski definition) is 1. The second kappa shape index (κ2) is 5.84. The Morgan fingerprint density at radius 1 is 1.05 bits per heavy atom. The van der Waals surface area contributed by atoms with Crippen molar-refractivity contribution < 1.29 is 13.2 Å². The van der Waals surface area contributed by atoms with E-state index in [2.05, 4.69) is 21.2 Å². The summed E-state index contributed by atoms with van der Waals surface area (Å²) in [4.78, 5) is 0. The molecule has 0 aliphatic carbocycles. The van der Waals surface area contributed by atoms with E-state index in [1.807, 2.05) is 0 Å². The highest BCUT2D eigenvalue weighted by Crippen LogP contribution is 2.24. The number of hydrogen-bond donors (Lipinski definition) is 1. The van der Waals surface area contributed by atoms with Gasteiger partial charge in [0.1, 0.15) is 0 Å². The van der Waals surface area contributed by atoms with Gasteiger partial charge in [0.2, 0.25) is 0 Å². The average Bonchev–Trinajstić information content (AvgIpc) is 2.37. The fourth-order valence-corrected chi connectivity index (χ4v) is 2.34. The standard InChI is InChI=1S/C13H8BrClF3N/c14-9-5-8(15)2-1-7(9)6-19-11-4-3-10(16)12(17)13(11)18/h1-5,19H,6H2. The van der Waals surface area contributed by atoms with E-state index in [4.69, 9.17) is 11.6 Å². The molecular formula is C13H8BrClF3N. The Hall–Kier alpha value is -1.20. The smallest absolute Gasteiger partial charge is 0.196 e. The van der Waals surface area contributed by atoms with Crippen LogP contribution in [-0.2, 0) is 6.54 Å². The second-order valence-electron chi connectivity index (χ2n) is 3.81. The van der Waals surface area contributed by atoms with Crippen molar-refractivity contribution in [3.63, 3.8) is 0 Å². The molecule has 0 amide bonds. The van der Waals surface area contributed by atoms with Crippen molar-refractivity contribution in [2.45, 2.75) is 6.54 Å². The number of nitrogens with one attached hydrogen (secondary N) is 1. The van der Waals surface area contributed by atoms with Crippen LogP contribution in [0, 0.1) is 17.5 Å². The van der Waals surface area contributed by atoms with Gasteiger partial charge in [-0.25, -0.2) is 13.2 Å². The SMILES string of the molecule is Fc1ccc(NCc2ccc(Cl)cc2Br)c(F)c1F. The quantitative estimate of drug-likeness (QED) is 0.757. The molecule has 0 radical (unpaired) electrons. The lowest BCUT2D eigenvalue weighted by Crippen LogP contribution is -2.04. The zero-order chi connectivity index (χ0) is 14.0. The van der Waals surface area contributed by atoms with E-state index in [1.54, 1.807) is 18.2 Å². The van der Waals surface area contributed by atoms with Crippen molar-refractivity contribution in [2.24, 2.45) is 0 Å². The molecule has 0 aromatic heterocycles. The highest BCUT2D eigenvalue weighted by molar-refractivity contribution is 9.10. The predicted molar refractivity (Wildman–Crippen MR) is 72.8 cm³/mol. The Labute approximate surface area is 121 Å². The molecule has 0 saturated carbocycles. The van der Waals surface area contributed by atoms with Crippen molar-refractivity contribution in [2.75, 3.05) is 5.32 Å². The third-order valence-corrected chi connectivity index (χ3v) is 3.49. The van der Waals surface area contributed by atoms with Crippen molar-refractivity contribution in [3.05, 3.63) is 62.8 Å². The van der Waals surface area contributed by atoms with Crippen LogP contribution in [0.4, 0.5) is 18.9 Å². The van der Waals surface area contributed by atoms with Crippen molar-refractivity contribution in [3.8, 4) is 0 Å². The summed E-state index contributed by atoms with van der Waals surface area (Å²) < 4.78 is 40.0. The van der Waals surface area contributed by atoms with E-state index in [0.717, 1.165) is 22.2 Å². The first-order valence-electron chi connectivity index (χ1n) is 5.30. The third kappa shape index (κ3) is 3.22. The summed E-state index contributed by atoms with van der Waals surface area (Å²) in [5.74, 6) is -3.93. The molecule has 19 heavy (non-hydrogen) atoms. The molecular weight excluding hydrogens is 343 g/mol. The van der Waals surface area contributed by atoms with Crippen LogP contribution in [-0.4, -0.2) is 0 Å². The number of halogens is 5. The molecule has 2 rings (SSSR count). The van der Waals surface area contributed by atoms with Crippen molar-refractivity contribution >= 4 is 33.2 Å². The van der Waals surface area contributed by atoms with E-state index < -0.39 is 17.5 Å². The molecule has 0 heterocycles. The average molecular weight is 351 g/mol. The minimum absolute atomic E-state index is 0.0965. The maximum Gasteiger partial charge on any atom is 0.196 e. The van der Waals surface area contributed by atoms with Gasteiger partial charge in [-0.2, -0.15) is 0 Å². The van der Waals surface area contributed by atoms with Crippen LogP contribution >= 0.6 is 27.5 Å². The number of anilines is 1. The van der Waals surface area contributed by atoms with Gasteiger partial charge in [-0.3, -0.25) is 0 Å². The number of benzene rings is 2. The van der Waals surface area contributed by atoms with Crippen LogP contribution in [0.3, 0.4) is 0 Å². The topological polar surface area (TPSA) is 12.0 Å². The number of rotatable bonds is 3. The van der Waals surface area contributed by atoms with E-state index >= 15 is 0 Å². The molecule has 100 valence electrons. The van der Waals surface area contributed by atoms with Crippen LogP contribution in [0.1, 0.15) is 5.56 Å². The van der Waals surface area contributed by atoms with Gasteiger partial charge in [-0.1, -0.05) is 33.6 Å². The third-order valence-electron chi connectivity index (χ3n) is 2.52. The molecule has 0 saturated heterocycles. The van der Waals surface area contributed by atoms with Gasteiger partial charge in [0.25, 0.3) is 0 Å². The van der Waals surface area contributed by atoms with Crippen LogP contribution < -0.4 is 5.32 Å². The lowest BCUT2D eigenvalue weighted by molar-refractivity contribution is 0.449. The minimum Gasteiger partial charge on any atom is -0.378 e. The minimum atomic E-state index is -1.49. The molecule has 2 aromatic rings. The Balaban J connectivity index is 2.17. The fourth-order valence-electron chi connectivity index (χ4n) is 1.52. The Morgan fingerprint density at radius 2 is 1.79 bits per heavy atom. The molecule has 0 atom stereocenters. The monoisotopic (exact) mass is 349 g/mol. The van der Waals surface area contributed by atoms with Crippen molar-refractivity contribution in [1.29, 1.82) is 0 Å². The maximum atomic E-state index is 13.4. The Bertz CT molecular complexity index is 619. The van der Waals surface area contributed by atoms with Crippen LogP contribution in [0.25, 0.3) is 0 Å². The van der Waals surface area contributed by atoms with Gasteiger partial charge in [-0.15, -0.1) is 0 Å². The lowest BCUT2D eigenvalue weighted by Gasteiger charge is -2.10. The molecule has 0 spiro atoms. The van der Waals surface area contributed by atoms with Gasteiger partial charge in [0.05, 0.1) is 5.69 Å². The van der Waals surface area contributed by atoms with E-state index in [0.29, 0.717) is 5.02 Å². The highest BCUT2D eigenvalue weighted by Gasteiger charge is 2.13. The summed E-state index contributed by atoms with van der Waals surface area (Å²) in [5.41, 5.74) is 0.717. The Morgan fingerprint density at radius 3 is 2.47 bits per heavy atom. The first kappa shape index (κ1) is 14.2. The molecule has 0 bridgehead atoms. The van der Waals surface area contributed by atoms with E-state index in [9.17, 15) is 13.2 Å². The summed E-state index contributed by atoms with van der Waals surface area (Å²) in [6, 6.07) is 7.15. The van der Waals surface area contributed by atoms with E-state index in [-0.39, 0.29) is 12.2 Å². The molecule has 1 N–H and O–H groups in total. The second-order valence-corrected chi connectivity index (χ2v) is 5.10. The molecule has 1 nitrogen and oxygen atoms in total. The summed E-state index contributed by atoms with van der Waals surface area (Å²) in [6.45, 7) is 0.250. The fraction of sp³-hybridized carbons (Fsp3) is 0.0769. The molecule has 0 aliphatic heterocycles. The molecule has 0 fully saturated rings. The Kier molecular flexibility index (Phi) is 4.37. The van der Waals surface area contributed by atoms with Gasteiger partial charge in [0, 0.05) is 16.0 Å². The molecule has 0 aliphatic rings. The summed E-state index contributed by atoms with van der Waals surface area (Å²) in [6.07, 6.45) is 0.